The Bertz CT molecular complexity index is 603. The van der Waals surface area contributed by atoms with E-state index >= 15 is 0 Å². The molecule has 0 radical (unpaired) electrons. The number of carbonyl (C=O) groups excluding carboxylic acids is 2. The average molecular weight is 314 g/mol. The number of hydrazone groups is 1. The van der Waals surface area contributed by atoms with E-state index in [2.05, 4.69) is 10.4 Å². The van der Waals surface area contributed by atoms with Gasteiger partial charge in [-0.05, 0) is 31.0 Å². The van der Waals surface area contributed by atoms with E-state index in [4.69, 9.17) is 23.2 Å². The van der Waals surface area contributed by atoms with E-state index in [9.17, 15) is 9.59 Å². The van der Waals surface area contributed by atoms with Crippen LogP contribution in [0.15, 0.2) is 23.3 Å². The number of carbonyl (C=O) groups is 2. The summed E-state index contributed by atoms with van der Waals surface area (Å²) in [5.74, 6) is -0.374. The smallest absolute Gasteiger partial charge is 0.322 e. The van der Waals surface area contributed by atoms with Gasteiger partial charge >= 0.3 is 6.03 Å². The standard InChI is InChI=1S/C13H13Cl2N3O2/c1-3-13(2)11(19)18(12(20)17-13)16-7-8-4-5-9(14)10(15)6-8/h4-7H,3H2,1-2H3,(H,17,20)/b16-7-/t13-/m1/s1. The van der Waals surface area contributed by atoms with Crippen LogP contribution < -0.4 is 5.32 Å². The highest BCUT2D eigenvalue weighted by atomic mass is 35.5. The van der Waals surface area contributed by atoms with Gasteiger partial charge in [0.15, 0.2) is 0 Å². The summed E-state index contributed by atoms with van der Waals surface area (Å²) in [6.45, 7) is 3.49. The summed E-state index contributed by atoms with van der Waals surface area (Å²) in [6, 6.07) is 4.38. The molecule has 1 aliphatic rings. The second-order valence-electron chi connectivity index (χ2n) is 4.65. The van der Waals surface area contributed by atoms with Crippen LogP contribution in [0.3, 0.4) is 0 Å². The molecule has 0 aliphatic carbocycles. The van der Waals surface area contributed by atoms with E-state index in [1.807, 2.05) is 6.92 Å². The van der Waals surface area contributed by atoms with Crippen molar-refractivity contribution in [1.29, 1.82) is 0 Å². The number of hydrogen-bond acceptors (Lipinski definition) is 3. The van der Waals surface area contributed by atoms with Crippen LogP contribution in [0.25, 0.3) is 0 Å². The summed E-state index contributed by atoms with van der Waals surface area (Å²) in [6.07, 6.45) is 1.89. The molecular formula is C13H13Cl2N3O2. The number of halogens is 2. The van der Waals surface area contributed by atoms with Crippen LogP contribution in [0, 0.1) is 0 Å². The minimum atomic E-state index is -0.897. The summed E-state index contributed by atoms with van der Waals surface area (Å²) in [7, 11) is 0. The lowest BCUT2D eigenvalue weighted by Gasteiger charge is -2.17. The second-order valence-corrected chi connectivity index (χ2v) is 5.47. The largest absolute Gasteiger partial charge is 0.346 e. The van der Waals surface area contributed by atoms with E-state index in [0.717, 1.165) is 5.01 Å². The Morgan fingerprint density at radius 3 is 2.60 bits per heavy atom. The van der Waals surface area contributed by atoms with Crippen molar-refractivity contribution in [2.45, 2.75) is 25.8 Å². The number of nitrogens with zero attached hydrogens (tertiary/aromatic N) is 2. The van der Waals surface area contributed by atoms with Gasteiger partial charge in [0, 0.05) is 0 Å². The molecule has 7 heteroatoms. The van der Waals surface area contributed by atoms with Crippen molar-refractivity contribution in [3.05, 3.63) is 33.8 Å². The van der Waals surface area contributed by atoms with Crippen molar-refractivity contribution >= 4 is 41.4 Å². The molecule has 3 amide bonds. The molecule has 0 aromatic heterocycles. The highest BCUT2D eigenvalue weighted by molar-refractivity contribution is 6.42. The molecule has 106 valence electrons. The van der Waals surface area contributed by atoms with E-state index in [0.29, 0.717) is 22.0 Å². The number of amides is 3. The summed E-state index contributed by atoms with van der Waals surface area (Å²) in [5.41, 5.74) is -0.253. The quantitative estimate of drug-likeness (QED) is 0.688. The Kier molecular flexibility index (Phi) is 4.01. The van der Waals surface area contributed by atoms with Gasteiger partial charge in [-0.3, -0.25) is 4.79 Å². The summed E-state index contributed by atoms with van der Waals surface area (Å²) in [4.78, 5) is 23.8. The highest BCUT2D eigenvalue weighted by Gasteiger charge is 2.46. The molecule has 1 saturated heterocycles. The molecule has 2 rings (SSSR count). The Labute approximate surface area is 126 Å². The van der Waals surface area contributed by atoms with Gasteiger partial charge in [0.2, 0.25) is 0 Å². The monoisotopic (exact) mass is 313 g/mol. The maximum absolute atomic E-state index is 12.1. The topological polar surface area (TPSA) is 61.8 Å². The zero-order valence-electron chi connectivity index (χ0n) is 11.0. The molecule has 0 saturated carbocycles. The highest BCUT2D eigenvalue weighted by Crippen LogP contribution is 2.23. The van der Waals surface area contributed by atoms with Crippen LogP contribution in [-0.4, -0.2) is 28.7 Å². The van der Waals surface area contributed by atoms with Crippen molar-refractivity contribution in [3.8, 4) is 0 Å². The first-order valence-electron chi connectivity index (χ1n) is 6.03. The SMILES string of the molecule is CC[C@@]1(C)NC(=O)N(/N=C\c2ccc(Cl)c(Cl)c2)C1=O. The molecule has 1 aromatic rings. The first-order valence-corrected chi connectivity index (χ1v) is 6.78. The van der Waals surface area contributed by atoms with Crippen molar-refractivity contribution in [2.24, 2.45) is 5.10 Å². The number of benzene rings is 1. The van der Waals surface area contributed by atoms with Crippen LogP contribution in [0.2, 0.25) is 10.0 Å². The van der Waals surface area contributed by atoms with Crippen LogP contribution >= 0.6 is 23.2 Å². The third-order valence-electron chi connectivity index (χ3n) is 3.21. The van der Waals surface area contributed by atoms with Gasteiger partial charge in [0.25, 0.3) is 5.91 Å². The number of hydrogen-bond donors (Lipinski definition) is 1. The minimum Gasteiger partial charge on any atom is -0.322 e. The number of urea groups is 1. The Morgan fingerprint density at radius 1 is 1.35 bits per heavy atom. The van der Waals surface area contributed by atoms with Gasteiger partial charge in [0.1, 0.15) is 5.54 Å². The van der Waals surface area contributed by atoms with Crippen LogP contribution in [0.5, 0.6) is 0 Å². The molecule has 1 heterocycles. The first-order chi connectivity index (χ1) is 9.37. The van der Waals surface area contributed by atoms with Gasteiger partial charge in [-0.1, -0.05) is 36.2 Å². The molecule has 1 atom stereocenters. The normalized spacial score (nSPS) is 22.7. The Morgan fingerprint density at radius 2 is 2.05 bits per heavy atom. The maximum atomic E-state index is 12.1. The lowest BCUT2D eigenvalue weighted by molar-refractivity contribution is -0.130. The van der Waals surface area contributed by atoms with E-state index in [1.54, 1.807) is 25.1 Å². The third kappa shape index (κ3) is 2.64. The zero-order chi connectivity index (χ0) is 14.9. The molecule has 1 aliphatic heterocycles. The van der Waals surface area contributed by atoms with Gasteiger partial charge in [-0.2, -0.15) is 5.10 Å². The number of imide groups is 1. The zero-order valence-corrected chi connectivity index (χ0v) is 12.5. The lowest BCUT2D eigenvalue weighted by atomic mass is 10.00. The van der Waals surface area contributed by atoms with E-state index < -0.39 is 11.6 Å². The second kappa shape index (κ2) is 5.42. The molecule has 1 aromatic carbocycles. The van der Waals surface area contributed by atoms with Crippen LogP contribution in [0.4, 0.5) is 4.79 Å². The van der Waals surface area contributed by atoms with Crippen molar-refractivity contribution in [1.82, 2.24) is 10.3 Å². The van der Waals surface area contributed by atoms with Gasteiger partial charge in [0.05, 0.1) is 16.3 Å². The van der Waals surface area contributed by atoms with E-state index in [-0.39, 0.29) is 5.91 Å². The van der Waals surface area contributed by atoms with Gasteiger partial charge < -0.3 is 5.32 Å². The minimum absolute atomic E-state index is 0.374. The average Bonchev–Trinajstić information content (AvgIpc) is 2.63. The number of nitrogens with one attached hydrogen (secondary N) is 1. The molecule has 0 bridgehead atoms. The predicted octanol–water partition coefficient (Wildman–Crippen LogP) is 3.05. The summed E-state index contributed by atoms with van der Waals surface area (Å²) < 4.78 is 0. The number of rotatable bonds is 3. The van der Waals surface area contributed by atoms with Crippen molar-refractivity contribution < 1.29 is 9.59 Å². The Hall–Kier alpha value is -1.59. The molecule has 0 unspecified atom stereocenters. The lowest BCUT2D eigenvalue weighted by Crippen LogP contribution is -2.42. The summed E-state index contributed by atoms with van der Waals surface area (Å²) >= 11 is 11.7. The molecule has 0 spiro atoms. The predicted molar refractivity (Wildman–Crippen MR) is 78.1 cm³/mol. The van der Waals surface area contributed by atoms with E-state index in [1.165, 1.54) is 6.21 Å². The maximum Gasteiger partial charge on any atom is 0.346 e. The van der Waals surface area contributed by atoms with Crippen LogP contribution in [0.1, 0.15) is 25.8 Å². The molecular weight excluding hydrogens is 301 g/mol. The fourth-order valence-corrected chi connectivity index (χ4v) is 2.04. The summed E-state index contributed by atoms with van der Waals surface area (Å²) in [5, 5.41) is 8.16. The van der Waals surface area contributed by atoms with Crippen LogP contribution in [-0.2, 0) is 4.79 Å². The fourth-order valence-electron chi connectivity index (χ4n) is 1.73. The molecule has 1 N–H and O–H groups in total. The van der Waals surface area contributed by atoms with Gasteiger partial charge in [-0.25, -0.2) is 4.79 Å². The molecule has 5 nitrogen and oxygen atoms in total. The Balaban J connectivity index is 2.21. The van der Waals surface area contributed by atoms with Crippen molar-refractivity contribution in [2.75, 3.05) is 0 Å². The van der Waals surface area contributed by atoms with Gasteiger partial charge in [-0.15, -0.1) is 5.01 Å². The fraction of sp³-hybridized carbons (Fsp3) is 0.308. The third-order valence-corrected chi connectivity index (χ3v) is 3.95. The van der Waals surface area contributed by atoms with Crippen molar-refractivity contribution in [3.63, 3.8) is 0 Å². The first kappa shape index (κ1) is 14.8. The molecule has 20 heavy (non-hydrogen) atoms. The molecule has 1 fully saturated rings.